The van der Waals surface area contributed by atoms with Crippen LogP contribution < -0.4 is 14.8 Å². The third-order valence-electron chi connectivity index (χ3n) is 3.05. The van der Waals surface area contributed by atoms with Gasteiger partial charge in [-0.2, -0.15) is 0 Å². The number of hydrogen-bond donors (Lipinski definition) is 2. The van der Waals surface area contributed by atoms with Gasteiger partial charge in [-0.3, -0.25) is 0 Å². The van der Waals surface area contributed by atoms with Crippen molar-refractivity contribution >= 4 is 0 Å². The molecule has 0 amide bonds. The molecule has 100 valence electrons. The van der Waals surface area contributed by atoms with Crippen LogP contribution >= 0.6 is 0 Å². The van der Waals surface area contributed by atoms with E-state index in [0.717, 1.165) is 30.9 Å². The quantitative estimate of drug-likeness (QED) is 0.750. The van der Waals surface area contributed by atoms with E-state index < -0.39 is 0 Å². The van der Waals surface area contributed by atoms with Crippen molar-refractivity contribution in [2.24, 2.45) is 0 Å². The van der Waals surface area contributed by atoms with E-state index in [0.29, 0.717) is 19.8 Å². The Balaban J connectivity index is 1.79. The van der Waals surface area contributed by atoms with E-state index in [1.807, 2.05) is 19.1 Å². The van der Waals surface area contributed by atoms with Crippen LogP contribution in [0.1, 0.15) is 18.9 Å². The number of nitrogens with one attached hydrogen (secondary N) is 1. The fourth-order valence-electron chi connectivity index (χ4n) is 1.89. The van der Waals surface area contributed by atoms with Crippen molar-refractivity contribution in [3.63, 3.8) is 0 Å². The van der Waals surface area contributed by atoms with E-state index in [4.69, 9.17) is 9.47 Å². The molecule has 0 fully saturated rings. The van der Waals surface area contributed by atoms with Crippen LogP contribution in [0.5, 0.6) is 11.5 Å². The van der Waals surface area contributed by atoms with Gasteiger partial charge in [-0.05, 0) is 37.1 Å². The fraction of sp³-hybridized carbons (Fsp3) is 0.571. The summed E-state index contributed by atoms with van der Waals surface area (Å²) >= 11 is 0. The summed E-state index contributed by atoms with van der Waals surface area (Å²) in [6, 6.07) is 6.06. The van der Waals surface area contributed by atoms with Gasteiger partial charge < -0.3 is 19.9 Å². The monoisotopic (exact) mass is 251 g/mol. The summed E-state index contributed by atoms with van der Waals surface area (Å²) in [7, 11) is 0. The molecule has 4 heteroatoms. The average molecular weight is 251 g/mol. The highest BCUT2D eigenvalue weighted by atomic mass is 16.6. The van der Waals surface area contributed by atoms with Crippen LogP contribution in [0.3, 0.4) is 0 Å². The zero-order chi connectivity index (χ0) is 12.8. The summed E-state index contributed by atoms with van der Waals surface area (Å²) in [6.07, 6.45) is 1.47. The molecule has 0 aromatic heterocycles. The van der Waals surface area contributed by atoms with Crippen molar-refractivity contribution in [3.05, 3.63) is 23.8 Å². The number of fused-ring (bicyclic) bond motifs is 1. The highest BCUT2D eigenvalue weighted by Crippen LogP contribution is 2.30. The molecule has 1 heterocycles. The first-order valence-electron chi connectivity index (χ1n) is 6.57. The standard InChI is InChI=1S/C14H21NO3/c1-2-12(16)10-15-6-5-11-3-4-13-14(9-11)18-8-7-17-13/h3-4,9,12,15-16H,2,5-8,10H2,1H3. The first-order valence-corrected chi connectivity index (χ1v) is 6.57. The fourth-order valence-corrected chi connectivity index (χ4v) is 1.89. The molecule has 1 aliphatic rings. The smallest absolute Gasteiger partial charge is 0.161 e. The molecule has 1 unspecified atom stereocenters. The van der Waals surface area contributed by atoms with Crippen LogP contribution in [0.15, 0.2) is 18.2 Å². The number of aliphatic hydroxyl groups excluding tert-OH is 1. The maximum Gasteiger partial charge on any atom is 0.161 e. The summed E-state index contributed by atoms with van der Waals surface area (Å²) in [5.74, 6) is 1.67. The minimum atomic E-state index is -0.245. The average Bonchev–Trinajstić information content (AvgIpc) is 2.43. The second-order valence-corrected chi connectivity index (χ2v) is 4.49. The van der Waals surface area contributed by atoms with Gasteiger partial charge in [0.05, 0.1) is 6.10 Å². The van der Waals surface area contributed by atoms with Gasteiger partial charge in [0.25, 0.3) is 0 Å². The molecule has 0 saturated heterocycles. The summed E-state index contributed by atoms with van der Waals surface area (Å²) in [5.41, 5.74) is 1.22. The van der Waals surface area contributed by atoms with Crippen molar-refractivity contribution < 1.29 is 14.6 Å². The predicted octanol–water partition coefficient (Wildman–Crippen LogP) is 1.36. The van der Waals surface area contributed by atoms with Crippen LogP contribution in [-0.4, -0.2) is 37.5 Å². The number of aliphatic hydroxyl groups is 1. The third-order valence-corrected chi connectivity index (χ3v) is 3.05. The lowest BCUT2D eigenvalue weighted by Crippen LogP contribution is -2.27. The van der Waals surface area contributed by atoms with Crippen LogP contribution in [0.25, 0.3) is 0 Å². The van der Waals surface area contributed by atoms with E-state index in [1.54, 1.807) is 0 Å². The minimum Gasteiger partial charge on any atom is -0.486 e. The van der Waals surface area contributed by atoms with Gasteiger partial charge in [0.1, 0.15) is 13.2 Å². The number of hydrogen-bond acceptors (Lipinski definition) is 4. The molecule has 2 rings (SSSR count). The molecule has 18 heavy (non-hydrogen) atoms. The minimum absolute atomic E-state index is 0.245. The van der Waals surface area contributed by atoms with E-state index >= 15 is 0 Å². The summed E-state index contributed by atoms with van der Waals surface area (Å²) < 4.78 is 11.0. The molecule has 0 bridgehead atoms. The highest BCUT2D eigenvalue weighted by Gasteiger charge is 2.11. The van der Waals surface area contributed by atoms with Gasteiger partial charge in [0, 0.05) is 6.54 Å². The SMILES string of the molecule is CCC(O)CNCCc1ccc2c(c1)OCCO2. The molecule has 1 aromatic carbocycles. The van der Waals surface area contributed by atoms with Gasteiger partial charge in [-0.1, -0.05) is 13.0 Å². The van der Waals surface area contributed by atoms with Gasteiger partial charge >= 0.3 is 0 Å². The zero-order valence-electron chi connectivity index (χ0n) is 10.8. The number of rotatable bonds is 6. The highest BCUT2D eigenvalue weighted by molar-refractivity contribution is 5.43. The van der Waals surface area contributed by atoms with Crippen molar-refractivity contribution in [3.8, 4) is 11.5 Å². The van der Waals surface area contributed by atoms with E-state index in [9.17, 15) is 5.11 Å². The van der Waals surface area contributed by atoms with Gasteiger partial charge in [0.15, 0.2) is 11.5 Å². The number of ether oxygens (including phenoxy) is 2. The third kappa shape index (κ3) is 3.62. The Morgan fingerprint density at radius 2 is 2.06 bits per heavy atom. The maximum absolute atomic E-state index is 9.41. The first kappa shape index (κ1) is 13.2. The van der Waals surface area contributed by atoms with Crippen LogP contribution in [0.4, 0.5) is 0 Å². The van der Waals surface area contributed by atoms with Gasteiger partial charge in [0.2, 0.25) is 0 Å². The van der Waals surface area contributed by atoms with Crippen molar-refractivity contribution in [2.75, 3.05) is 26.3 Å². The zero-order valence-corrected chi connectivity index (χ0v) is 10.8. The Bertz CT molecular complexity index is 381. The summed E-state index contributed by atoms with van der Waals surface area (Å²) in [5, 5.41) is 12.7. The lowest BCUT2D eigenvalue weighted by atomic mass is 10.1. The lowest BCUT2D eigenvalue weighted by Gasteiger charge is -2.19. The van der Waals surface area contributed by atoms with Crippen LogP contribution in [-0.2, 0) is 6.42 Å². The van der Waals surface area contributed by atoms with E-state index in [-0.39, 0.29) is 6.10 Å². The van der Waals surface area contributed by atoms with Gasteiger partial charge in [-0.15, -0.1) is 0 Å². The molecular weight excluding hydrogens is 230 g/mol. The Labute approximate surface area is 108 Å². The van der Waals surface area contributed by atoms with Crippen molar-refractivity contribution in [1.82, 2.24) is 5.32 Å². The molecule has 1 aromatic rings. The topological polar surface area (TPSA) is 50.7 Å². The lowest BCUT2D eigenvalue weighted by molar-refractivity contribution is 0.167. The molecule has 1 atom stereocenters. The molecule has 1 aliphatic heterocycles. The molecule has 2 N–H and O–H groups in total. The summed E-state index contributed by atoms with van der Waals surface area (Å²) in [6.45, 7) is 4.74. The summed E-state index contributed by atoms with van der Waals surface area (Å²) in [4.78, 5) is 0. The van der Waals surface area contributed by atoms with E-state index in [1.165, 1.54) is 5.56 Å². The van der Waals surface area contributed by atoms with Crippen LogP contribution in [0.2, 0.25) is 0 Å². The Morgan fingerprint density at radius 3 is 2.83 bits per heavy atom. The molecule has 0 radical (unpaired) electrons. The normalized spacial score (nSPS) is 15.4. The van der Waals surface area contributed by atoms with E-state index in [2.05, 4.69) is 11.4 Å². The van der Waals surface area contributed by atoms with Crippen molar-refractivity contribution in [2.45, 2.75) is 25.9 Å². The second kappa shape index (κ2) is 6.61. The first-order chi connectivity index (χ1) is 8.79. The molecule has 0 spiro atoms. The second-order valence-electron chi connectivity index (χ2n) is 4.49. The largest absolute Gasteiger partial charge is 0.486 e. The van der Waals surface area contributed by atoms with Crippen LogP contribution in [0, 0.1) is 0 Å². The predicted molar refractivity (Wildman–Crippen MR) is 70.3 cm³/mol. The molecule has 0 saturated carbocycles. The molecule has 0 aliphatic carbocycles. The number of benzene rings is 1. The van der Waals surface area contributed by atoms with Gasteiger partial charge in [-0.25, -0.2) is 0 Å². The maximum atomic E-state index is 9.41. The molecular formula is C14H21NO3. The molecule has 4 nitrogen and oxygen atoms in total. The van der Waals surface area contributed by atoms with Crippen molar-refractivity contribution in [1.29, 1.82) is 0 Å². The Morgan fingerprint density at radius 1 is 1.28 bits per heavy atom. The Hall–Kier alpha value is -1.26. The Kier molecular flexibility index (Phi) is 4.84.